The molecule has 9 nitrogen and oxygen atoms in total. The third kappa shape index (κ3) is 5.43. The number of carboxylic acid groups (broad SMARTS) is 1. The van der Waals surface area contributed by atoms with Crippen LogP contribution in [0, 0.1) is 10.1 Å². The van der Waals surface area contributed by atoms with Crippen molar-refractivity contribution in [3.63, 3.8) is 0 Å². The first-order valence-corrected chi connectivity index (χ1v) is 10.6. The van der Waals surface area contributed by atoms with Crippen molar-refractivity contribution >= 4 is 39.2 Å². The number of benzene rings is 3. The van der Waals surface area contributed by atoms with Crippen molar-refractivity contribution in [1.29, 1.82) is 0 Å². The van der Waals surface area contributed by atoms with E-state index in [1.54, 1.807) is 12.1 Å². The van der Waals surface area contributed by atoms with Gasteiger partial charge in [-0.3, -0.25) is 19.6 Å². The minimum absolute atomic E-state index is 0.101. The maximum Gasteiger partial charge on any atom is 0.335 e. The lowest BCUT2D eigenvalue weighted by Crippen LogP contribution is -2.13. The molecule has 162 valence electrons. The molecule has 10 heteroatoms. The summed E-state index contributed by atoms with van der Waals surface area (Å²) in [5.74, 6) is -1.42. The first-order valence-electron chi connectivity index (χ1n) is 9.09. The molecule has 3 rings (SSSR count). The highest BCUT2D eigenvalue weighted by atomic mass is 32.2. The highest BCUT2D eigenvalue weighted by Crippen LogP contribution is 2.20. The summed E-state index contributed by atoms with van der Waals surface area (Å²) in [7, 11) is -3.97. The fourth-order valence-corrected chi connectivity index (χ4v) is 3.77. The molecular weight excluding hydrogens is 436 g/mol. The SMILES string of the molecule is O=C(O)c1cccc(/C=C/C(=O)c2ccc(NS(=O)(=O)c3ccc([N+](=O)[O-])cc3)cc2)c1. The Hall–Kier alpha value is -4.31. The lowest BCUT2D eigenvalue weighted by molar-refractivity contribution is -0.384. The number of allylic oxidation sites excluding steroid dienone is 1. The quantitative estimate of drug-likeness (QED) is 0.228. The van der Waals surface area contributed by atoms with E-state index in [1.807, 2.05) is 0 Å². The molecule has 0 fully saturated rings. The molecule has 0 aliphatic carbocycles. The Morgan fingerprint density at radius 1 is 0.938 bits per heavy atom. The van der Waals surface area contributed by atoms with Gasteiger partial charge < -0.3 is 5.11 Å². The lowest BCUT2D eigenvalue weighted by Gasteiger charge is -2.08. The van der Waals surface area contributed by atoms with Crippen molar-refractivity contribution in [2.45, 2.75) is 4.90 Å². The summed E-state index contributed by atoms with van der Waals surface area (Å²) in [4.78, 5) is 33.3. The van der Waals surface area contributed by atoms with Crippen molar-refractivity contribution in [2.75, 3.05) is 4.72 Å². The lowest BCUT2D eigenvalue weighted by atomic mass is 10.1. The summed E-state index contributed by atoms with van der Waals surface area (Å²) < 4.78 is 27.2. The molecule has 0 atom stereocenters. The van der Waals surface area contributed by atoms with Crippen molar-refractivity contribution < 1.29 is 28.0 Å². The first-order chi connectivity index (χ1) is 15.2. The van der Waals surface area contributed by atoms with E-state index in [1.165, 1.54) is 48.6 Å². The molecule has 0 aliphatic rings. The fourth-order valence-electron chi connectivity index (χ4n) is 2.71. The molecule has 0 unspecified atom stereocenters. The van der Waals surface area contributed by atoms with Gasteiger partial charge in [0, 0.05) is 23.4 Å². The number of nitro groups is 1. The van der Waals surface area contributed by atoms with Crippen LogP contribution in [0.25, 0.3) is 6.08 Å². The minimum Gasteiger partial charge on any atom is -0.478 e. The number of hydrogen-bond acceptors (Lipinski definition) is 6. The van der Waals surface area contributed by atoms with Crippen LogP contribution in [0.2, 0.25) is 0 Å². The van der Waals surface area contributed by atoms with Gasteiger partial charge in [-0.15, -0.1) is 0 Å². The molecule has 0 bridgehead atoms. The predicted molar refractivity (Wildman–Crippen MR) is 117 cm³/mol. The Bertz CT molecular complexity index is 1310. The summed E-state index contributed by atoms with van der Waals surface area (Å²) >= 11 is 0. The number of sulfonamides is 1. The summed E-state index contributed by atoms with van der Waals surface area (Å²) in [5.41, 5.74) is 0.927. The molecule has 32 heavy (non-hydrogen) atoms. The van der Waals surface area contributed by atoms with Crippen LogP contribution in [0.3, 0.4) is 0 Å². The van der Waals surface area contributed by atoms with Gasteiger partial charge in [-0.1, -0.05) is 18.2 Å². The smallest absolute Gasteiger partial charge is 0.335 e. The molecule has 0 saturated carbocycles. The van der Waals surface area contributed by atoms with Crippen LogP contribution in [0.4, 0.5) is 11.4 Å². The minimum atomic E-state index is -3.97. The Morgan fingerprint density at radius 2 is 1.59 bits per heavy atom. The van der Waals surface area contributed by atoms with Crippen molar-refractivity contribution in [2.24, 2.45) is 0 Å². The second-order valence-corrected chi connectivity index (χ2v) is 8.24. The van der Waals surface area contributed by atoms with Crippen LogP contribution in [-0.4, -0.2) is 30.2 Å². The van der Waals surface area contributed by atoms with Crippen molar-refractivity contribution in [3.05, 3.63) is 106 Å². The Balaban J connectivity index is 1.70. The monoisotopic (exact) mass is 452 g/mol. The molecular formula is C22H16N2O7S. The average molecular weight is 452 g/mol. The van der Waals surface area contributed by atoms with Crippen LogP contribution < -0.4 is 4.72 Å². The number of nitrogens with one attached hydrogen (secondary N) is 1. The molecule has 0 aliphatic heterocycles. The number of rotatable bonds is 8. The van der Waals surface area contributed by atoms with E-state index >= 15 is 0 Å². The predicted octanol–water partition coefficient (Wildman–Crippen LogP) is 3.99. The number of aromatic carboxylic acids is 1. The summed E-state index contributed by atoms with van der Waals surface area (Å²) in [6, 6.07) is 16.2. The maximum absolute atomic E-state index is 12.4. The van der Waals surface area contributed by atoms with Crippen LogP contribution in [0.15, 0.2) is 83.8 Å². The van der Waals surface area contributed by atoms with Gasteiger partial charge in [0.2, 0.25) is 0 Å². The van der Waals surface area contributed by atoms with Crippen LogP contribution in [0.1, 0.15) is 26.3 Å². The van der Waals surface area contributed by atoms with E-state index in [0.29, 0.717) is 11.1 Å². The van der Waals surface area contributed by atoms with Crippen LogP contribution in [0.5, 0.6) is 0 Å². The van der Waals surface area contributed by atoms with Crippen LogP contribution in [-0.2, 0) is 10.0 Å². The Kier molecular flexibility index (Phi) is 6.45. The van der Waals surface area contributed by atoms with Crippen LogP contribution >= 0.6 is 0 Å². The van der Waals surface area contributed by atoms with Gasteiger partial charge in [0.15, 0.2) is 5.78 Å². The number of hydrogen-bond donors (Lipinski definition) is 2. The molecule has 0 heterocycles. The van der Waals surface area contributed by atoms with Crippen molar-refractivity contribution in [3.8, 4) is 0 Å². The molecule has 2 N–H and O–H groups in total. The van der Waals surface area contributed by atoms with Gasteiger partial charge in [-0.05, 0) is 60.2 Å². The zero-order valence-corrected chi connectivity index (χ0v) is 17.2. The van der Waals surface area contributed by atoms with Gasteiger partial charge in [-0.2, -0.15) is 0 Å². The Morgan fingerprint density at radius 3 is 2.19 bits per heavy atom. The number of nitro benzene ring substituents is 1. The van der Waals surface area contributed by atoms with E-state index in [2.05, 4.69) is 4.72 Å². The largest absolute Gasteiger partial charge is 0.478 e. The molecule has 0 spiro atoms. The summed E-state index contributed by atoms with van der Waals surface area (Å²) in [5, 5.41) is 19.7. The van der Waals surface area contributed by atoms with Gasteiger partial charge in [0.1, 0.15) is 0 Å². The van der Waals surface area contributed by atoms with Crippen molar-refractivity contribution in [1.82, 2.24) is 0 Å². The second kappa shape index (κ2) is 9.23. The molecule has 0 aromatic heterocycles. The molecule has 0 saturated heterocycles. The second-order valence-electron chi connectivity index (χ2n) is 6.56. The number of carbonyl (C=O) groups is 2. The van der Waals surface area contributed by atoms with E-state index in [9.17, 15) is 28.1 Å². The number of nitrogens with zero attached hydrogens (tertiary/aromatic N) is 1. The fraction of sp³-hybridized carbons (Fsp3) is 0. The van der Waals surface area contributed by atoms with Gasteiger partial charge >= 0.3 is 5.97 Å². The number of carbonyl (C=O) groups excluding carboxylic acids is 1. The third-order valence-corrected chi connectivity index (χ3v) is 5.74. The normalized spacial score (nSPS) is 11.2. The Labute approximate surface area is 182 Å². The zero-order chi connectivity index (χ0) is 23.3. The highest BCUT2D eigenvalue weighted by molar-refractivity contribution is 7.92. The number of non-ortho nitro benzene ring substituents is 1. The topological polar surface area (TPSA) is 144 Å². The van der Waals surface area contributed by atoms with Gasteiger partial charge in [-0.25, -0.2) is 13.2 Å². The van der Waals surface area contributed by atoms with E-state index in [4.69, 9.17) is 5.11 Å². The molecule has 3 aromatic carbocycles. The molecule has 0 radical (unpaired) electrons. The maximum atomic E-state index is 12.4. The van der Waals surface area contributed by atoms with E-state index in [0.717, 1.165) is 24.3 Å². The van der Waals surface area contributed by atoms with Gasteiger partial charge in [0.05, 0.1) is 15.4 Å². The molecule has 0 amide bonds. The number of anilines is 1. The third-order valence-electron chi connectivity index (χ3n) is 4.34. The molecule has 3 aromatic rings. The number of carboxylic acids is 1. The standard InChI is InChI=1S/C22H16N2O7S/c25-21(13-4-15-2-1-3-17(14-15)22(26)27)16-5-7-18(8-6-16)23-32(30,31)20-11-9-19(10-12-20)24(28)29/h1-14,23H,(H,26,27)/b13-4+. The highest BCUT2D eigenvalue weighted by Gasteiger charge is 2.16. The number of ketones is 1. The summed E-state index contributed by atoms with van der Waals surface area (Å²) in [6.45, 7) is 0. The first kappa shape index (κ1) is 22.4. The summed E-state index contributed by atoms with van der Waals surface area (Å²) in [6.07, 6.45) is 2.77. The van der Waals surface area contributed by atoms with E-state index in [-0.39, 0.29) is 27.6 Å². The van der Waals surface area contributed by atoms with E-state index < -0.39 is 20.9 Å². The zero-order valence-electron chi connectivity index (χ0n) is 16.3. The van der Waals surface area contributed by atoms with Gasteiger partial charge in [0.25, 0.3) is 15.7 Å². The average Bonchev–Trinajstić information content (AvgIpc) is 2.78.